The maximum atomic E-state index is 13.2. The first-order valence-corrected chi connectivity index (χ1v) is 6.04. The Morgan fingerprint density at radius 1 is 1.13 bits per heavy atom. The SMILES string of the molecule is CCCC(CC)C1(C(F)(F)F)CCCC1. The predicted octanol–water partition coefficient (Wildman–Crippen LogP) is 4.94. The van der Waals surface area contributed by atoms with Gasteiger partial charge < -0.3 is 0 Å². The Morgan fingerprint density at radius 2 is 1.67 bits per heavy atom. The van der Waals surface area contributed by atoms with E-state index in [-0.39, 0.29) is 5.92 Å². The van der Waals surface area contributed by atoms with Crippen LogP contribution in [0.5, 0.6) is 0 Å². The van der Waals surface area contributed by atoms with Crippen molar-refractivity contribution in [2.24, 2.45) is 11.3 Å². The van der Waals surface area contributed by atoms with Gasteiger partial charge in [-0.3, -0.25) is 0 Å². The van der Waals surface area contributed by atoms with Gasteiger partial charge in [0.05, 0.1) is 5.41 Å². The second kappa shape index (κ2) is 4.75. The highest BCUT2D eigenvalue weighted by molar-refractivity contribution is 4.95. The van der Waals surface area contributed by atoms with Gasteiger partial charge in [0.25, 0.3) is 0 Å². The van der Waals surface area contributed by atoms with Crippen LogP contribution in [0.25, 0.3) is 0 Å². The fourth-order valence-electron chi connectivity index (χ4n) is 3.15. The molecule has 0 aromatic rings. The number of rotatable bonds is 4. The molecule has 3 heteroatoms. The largest absolute Gasteiger partial charge is 0.394 e. The molecule has 90 valence electrons. The van der Waals surface area contributed by atoms with E-state index in [0.29, 0.717) is 19.3 Å². The molecule has 1 aliphatic carbocycles. The van der Waals surface area contributed by atoms with Gasteiger partial charge in [-0.1, -0.05) is 39.5 Å². The van der Waals surface area contributed by atoms with Crippen LogP contribution in [-0.4, -0.2) is 6.18 Å². The molecular formula is C12H21F3. The molecule has 1 atom stereocenters. The lowest BCUT2D eigenvalue weighted by atomic mass is 9.70. The van der Waals surface area contributed by atoms with Gasteiger partial charge in [-0.05, 0) is 25.2 Å². The quantitative estimate of drug-likeness (QED) is 0.632. The molecule has 1 saturated carbocycles. The van der Waals surface area contributed by atoms with E-state index in [1.165, 1.54) is 0 Å². The minimum Gasteiger partial charge on any atom is -0.170 e. The fraction of sp³-hybridized carbons (Fsp3) is 1.00. The van der Waals surface area contributed by atoms with Gasteiger partial charge in [-0.2, -0.15) is 13.2 Å². The van der Waals surface area contributed by atoms with Gasteiger partial charge in [-0.25, -0.2) is 0 Å². The van der Waals surface area contributed by atoms with E-state index in [1.807, 2.05) is 13.8 Å². The summed E-state index contributed by atoms with van der Waals surface area (Å²) in [7, 11) is 0. The number of hydrogen-bond acceptors (Lipinski definition) is 0. The maximum absolute atomic E-state index is 13.2. The van der Waals surface area contributed by atoms with E-state index >= 15 is 0 Å². The summed E-state index contributed by atoms with van der Waals surface area (Å²) in [6.45, 7) is 3.87. The highest BCUT2D eigenvalue weighted by atomic mass is 19.4. The fourth-order valence-corrected chi connectivity index (χ4v) is 3.15. The van der Waals surface area contributed by atoms with Crippen LogP contribution in [0.15, 0.2) is 0 Å². The molecule has 1 aliphatic rings. The van der Waals surface area contributed by atoms with Crippen LogP contribution >= 0.6 is 0 Å². The molecule has 0 N–H and O–H groups in total. The summed E-state index contributed by atoms with van der Waals surface area (Å²) in [5.74, 6) is -0.162. The van der Waals surface area contributed by atoms with Gasteiger partial charge in [0.15, 0.2) is 0 Å². The summed E-state index contributed by atoms with van der Waals surface area (Å²) >= 11 is 0. The van der Waals surface area contributed by atoms with Gasteiger partial charge in [0, 0.05) is 0 Å². The van der Waals surface area contributed by atoms with Crippen molar-refractivity contribution in [3.05, 3.63) is 0 Å². The second-order valence-corrected chi connectivity index (χ2v) is 4.75. The zero-order chi connectivity index (χ0) is 11.5. The molecular weight excluding hydrogens is 201 g/mol. The predicted molar refractivity (Wildman–Crippen MR) is 55.6 cm³/mol. The van der Waals surface area contributed by atoms with Crippen molar-refractivity contribution in [3.63, 3.8) is 0 Å². The Morgan fingerprint density at radius 3 is 2.00 bits per heavy atom. The van der Waals surface area contributed by atoms with Crippen LogP contribution in [-0.2, 0) is 0 Å². The molecule has 0 aliphatic heterocycles. The first-order valence-electron chi connectivity index (χ1n) is 6.04. The molecule has 0 aromatic heterocycles. The normalized spacial score (nSPS) is 23.0. The minimum atomic E-state index is -4.00. The van der Waals surface area contributed by atoms with E-state index in [4.69, 9.17) is 0 Å². The number of halogens is 3. The van der Waals surface area contributed by atoms with Crippen LogP contribution < -0.4 is 0 Å². The average Bonchev–Trinajstić information content (AvgIpc) is 2.62. The van der Waals surface area contributed by atoms with Crippen LogP contribution in [0.3, 0.4) is 0 Å². The van der Waals surface area contributed by atoms with Gasteiger partial charge in [0.2, 0.25) is 0 Å². The van der Waals surface area contributed by atoms with Gasteiger partial charge in [0.1, 0.15) is 0 Å². The summed E-state index contributed by atoms with van der Waals surface area (Å²) in [4.78, 5) is 0. The van der Waals surface area contributed by atoms with Crippen LogP contribution in [0.4, 0.5) is 13.2 Å². The molecule has 0 spiro atoms. The third kappa shape index (κ3) is 2.31. The zero-order valence-corrected chi connectivity index (χ0v) is 9.66. The third-order valence-electron chi connectivity index (χ3n) is 3.97. The van der Waals surface area contributed by atoms with Crippen LogP contribution in [0.1, 0.15) is 58.8 Å². The maximum Gasteiger partial charge on any atom is 0.394 e. The van der Waals surface area contributed by atoms with Gasteiger partial charge >= 0.3 is 6.18 Å². The number of hydrogen-bond donors (Lipinski definition) is 0. The second-order valence-electron chi connectivity index (χ2n) is 4.75. The summed E-state index contributed by atoms with van der Waals surface area (Å²) in [5, 5.41) is 0. The van der Waals surface area contributed by atoms with Crippen molar-refractivity contribution in [1.29, 1.82) is 0 Å². The first kappa shape index (κ1) is 12.9. The first-order chi connectivity index (χ1) is 6.98. The molecule has 1 fully saturated rings. The average molecular weight is 222 g/mol. The highest BCUT2D eigenvalue weighted by Gasteiger charge is 2.58. The zero-order valence-electron chi connectivity index (χ0n) is 9.66. The smallest absolute Gasteiger partial charge is 0.170 e. The van der Waals surface area contributed by atoms with Crippen molar-refractivity contribution in [1.82, 2.24) is 0 Å². The van der Waals surface area contributed by atoms with Crippen LogP contribution in [0.2, 0.25) is 0 Å². The third-order valence-corrected chi connectivity index (χ3v) is 3.97. The Kier molecular flexibility index (Phi) is 4.07. The molecule has 0 aromatic carbocycles. The summed E-state index contributed by atoms with van der Waals surface area (Å²) in [6, 6.07) is 0. The van der Waals surface area contributed by atoms with Crippen molar-refractivity contribution in [2.45, 2.75) is 65.0 Å². The molecule has 0 heterocycles. The Labute approximate surface area is 90.2 Å². The molecule has 0 nitrogen and oxygen atoms in total. The summed E-state index contributed by atoms with van der Waals surface area (Å²) in [5.41, 5.74) is -1.35. The highest BCUT2D eigenvalue weighted by Crippen LogP contribution is 2.57. The van der Waals surface area contributed by atoms with Crippen molar-refractivity contribution in [3.8, 4) is 0 Å². The molecule has 15 heavy (non-hydrogen) atoms. The molecule has 0 bridgehead atoms. The molecule has 0 saturated heterocycles. The Bertz CT molecular complexity index is 190. The lowest BCUT2D eigenvalue weighted by Gasteiger charge is -2.39. The van der Waals surface area contributed by atoms with Crippen molar-refractivity contribution >= 4 is 0 Å². The lowest BCUT2D eigenvalue weighted by Crippen LogP contribution is -2.42. The van der Waals surface area contributed by atoms with Gasteiger partial charge in [-0.15, -0.1) is 0 Å². The molecule has 0 radical (unpaired) electrons. The van der Waals surface area contributed by atoms with E-state index in [2.05, 4.69) is 0 Å². The van der Waals surface area contributed by atoms with E-state index in [0.717, 1.165) is 25.7 Å². The monoisotopic (exact) mass is 222 g/mol. The lowest BCUT2D eigenvalue weighted by molar-refractivity contribution is -0.242. The Hall–Kier alpha value is -0.210. The Balaban J connectivity index is 2.88. The topological polar surface area (TPSA) is 0 Å². The minimum absolute atomic E-state index is 0.162. The van der Waals surface area contributed by atoms with Crippen molar-refractivity contribution in [2.75, 3.05) is 0 Å². The molecule has 0 amide bonds. The summed E-state index contributed by atoms with van der Waals surface area (Å²) < 4.78 is 39.5. The van der Waals surface area contributed by atoms with E-state index in [9.17, 15) is 13.2 Å². The van der Waals surface area contributed by atoms with Crippen molar-refractivity contribution < 1.29 is 13.2 Å². The number of alkyl halides is 3. The summed E-state index contributed by atoms with van der Waals surface area (Å²) in [6.07, 6.45) is 0.447. The molecule has 1 unspecified atom stereocenters. The van der Waals surface area contributed by atoms with Crippen LogP contribution in [0, 0.1) is 11.3 Å². The molecule has 1 rings (SSSR count). The standard InChI is InChI=1S/C12H21F3/c1-3-7-10(4-2)11(12(13,14)15)8-5-6-9-11/h10H,3-9H2,1-2H3. The van der Waals surface area contributed by atoms with E-state index < -0.39 is 11.6 Å². The van der Waals surface area contributed by atoms with E-state index in [1.54, 1.807) is 0 Å².